The molecular formula is C18H22BrClN2O. The Hall–Kier alpha value is -1.36. The molecule has 0 unspecified atom stereocenters. The summed E-state index contributed by atoms with van der Waals surface area (Å²) in [6.45, 7) is 5.28. The van der Waals surface area contributed by atoms with E-state index in [-0.39, 0.29) is 23.7 Å². The lowest BCUT2D eigenvalue weighted by Gasteiger charge is -2.27. The average molecular weight is 398 g/mol. The van der Waals surface area contributed by atoms with Gasteiger partial charge in [0.2, 0.25) is 0 Å². The van der Waals surface area contributed by atoms with Crippen molar-refractivity contribution in [1.82, 2.24) is 5.32 Å². The molecule has 2 aromatic rings. The van der Waals surface area contributed by atoms with Crippen LogP contribution in [-0.2, 0) is 12.0 Å². The third-order valence-electron chi connectivity index (χ3n) is 3.75. The molecule has 2 aromatic carbocycles. The van der Waals surface area contributed by atoms with Crippen molar-refractivity contribution >= 4 is 34.2 Å². The molecule has 0 atom stereocenters. The Morgan fingerprint density at radius 1 is 1.13 bits per heavy atom. The molecule has 3 N–H and O–H groups in total. The zero-order valence-corrected chi connectivity index (χ0v) is 15.7. The number of rotatable bonds is 5. The van der Waals surface area contributed by atoms with Gasteiger partial charge in [-0.3, -0.25) is 4.79 Å². The number of halogens is 2. The second-order valence-corrected chi connectivity index (χ2v) is 6.80. The fourth-order valence-corrected chi connectivity index (χ4v) is 3.12. The number of nitrogens with one attached hydrogen (secondary N) is 1. The van der Waals surface area contributed by atoms with Gasteiger partial charge < -0.3 is 11.1 Å². The lowest BCUT2D eigenvalue weighted by Crippen LogP contribution is -2.36. The topological polar surface area (TPSA) is 55.1 Å². The van der Waals surface area contributed by atoms with Crippen molar-refractivity contribution in [3.63, 3.8) is 0 Å². The minimum Gasteiger partial charge on any atom is -0.351 e. The fraction of sp³-hybridized carbons (Fsp3) is 0.278. The third kappa shape index (κ3) is 5.06. The van der Waals surface area contributed by atoms with E-state index in [1.807, 2.05) is 42.5 Å². The van der Waals surface area contributed by atoms with E-state index in [0.717, 1.165) is 10.0 Å². The molecule has 0 heterocycles. The molecule has 124 valence electrons. The summed E-state index contributed by atoms with van der Waals surface area (Å²) in [7, 11) is 0. The fourth-order valence-electron chi connectivity index (χ4n) is 2.30. The number of benzene rings is 2. The highest BCUT2D eigenvalue weighted by Gasteiger charge is 2.23. The number of carbonyl (C=O) groups excluding carboxylic acids is 1. The molecule has 1 amide bonds. The summed E-state index contributed by atoms with van der Waals surface area (Å²) in [5.74, 6) is -0.0660. The highest BCUT2D eigenvalue weighted by Crippen LogP contribution is 2.29. The molecular weight excluding hydrogens is 376 g/mol. The van der Waals surface area contributed by atoms with Crippen LogP contribution in [0, 0.1) is 0 Å². The lowest BCUT2D eigenvalue weighted by molar-refractivity contribution is 0.0945. The van der Waals surface area contributed by atoms with E-state index >= 15 is 0 Å². The number of nitrogens with two attached hydrogens (primary N) is 1. The number of hydrogen-bond acceptors (Lipinski definition) is 2. The van der Waals surface area contributed by atoms with Crippen LogP contribution in [0.25, 0.3) is 0 Å². The highest BCUT2D eigenvalue weighted by molar-refractivity contribution is 9.10. The molecule has 0 spiro atoms. The van der Waals surface area contributed by atoms with Gasteiger partial charge in [0.15, 0.2) is 0 Å². The van der Waals surface area contributed by atoms with E-state index in [1.54, 1.807) is 0 Å². The van der Waals surface area contributed by atoms with Crippen LogP contribution in [-0.4, -0.2) is 12.5 Å². The summed E-state index contributed by atoms with van der Waals surface area (Å²) >= 11 is 3.58. The Bertz CT molecular complexity index is 656. The first kappa shape index (κ1) is 19.7. The van der Waals surface area contributed by atoms with Gasteiger partial charge in [0, 0.05) is 28.5 Å². The molecule has 2 rings (SSSR count). The summed E-state index contributed by atoms with van der Waals surface area (Å²) in [6, 6.07) is 15.5. The van der Waals surface area contributed by atoms with Crippen LogP contribution in [0.4, 0.5) is 0 Å². The van der Waals surface area contributed by atoms with Crippen LogP contribution in [0.3, 0.4) is 0 Å². The Morgan fingerprint density at radius 2 is 1.74 bits per heavy atom. The van der Waals surface area contributed by atoms with E-state index in [4.69, 9.17) is 5.73 Å². The van der Waals surface area contributed by atoms with Crippen LogP contribution in [0.15, 0.2) is 53.0 Å². The van der Waals surface area contributed by atoms with Gasteiger partial charge in [0.05, 0.1) is 0 Å². The van der Waals surface area contributed by atoms with Crippen LogP contribution < -0.4 is 11.1 Å². The molecule has 0 aromatic heterocycles. The van der Waals surface area contributed by atoms with E-state index in [0.29, 0.717) is 18.7 Å². The number of carbonyl (C=O) groups is 1. The maximum Gasteiger partial charge on any atom is 0.251 e. The van der Waals surface area contributed by atoms with Crippen LogP contribution >= 0.6 is 28.3 Å². The van der Waals surface area contributed by atoms with Gasteiger partial charge in [-0.1, -0.05) is 60.1 Å². The standard InChI is InChI=1S/C18H21BrN2O.ClH/c1-18(2,15-5-3-4-6-16(15)19)12-21-17(22)14-9-7-13(11-20)8-10-14;/h3-10H,11-12,20H2,1-2H3,(H,21,22);1H. The second kappa shape index (κ2) is 8.48. The van der Waals surface area contributed by atoms with E-state index in [2.05, 4.69) is 41.2 Å². The Balaban J connectivity index is 0.00000264. The van der Waals surface area contributed by atoms with Gasteiger partial charge >= 0.3 is 0 Å². The Kier molecular flexibility index (Phi) is 7.26. The van der Waals surface area contributed by atoms with Crippen molar-refractivity contribution in [2.75, 3.05) is 6.54 Å². The molecule has 0 saturated heterocycles. The van der Waals surface area contributed by atoms with Gasteiger partial charge in [-0.25, -0.2) is 0 Å². The molecule has 0 aliphatic heterocycles. The van der Waals surface area contributed by atoms with Gasteiger partial charge in [0.25, 0.3) is 5.91 Å². The molecule has 0 fully saturated rings. The summed E-state index contributed by atoms with van der Waals surface area (Å²) < 4.78 is 1.06. The van der Waals surface area contributed by atoms with Gasteiger partial charge in [-0.05, 0) is 29.3 Å². The molecule has 0 radical (unpaired) electrons. The number of hydrogen-bond donors (Lipinski definition) is 2. The molecule has 0 bridgehead atoms. The SMILES string of the molecule is CC(C)(CNC(=O)c1ccc(CN)cc1)c1ccccc1Br.Cl. The highest BCUT2D eigenvalue weighted by atomic mass is 79.9. The zero-order chi connectivity index (χ0) is 16.2. The van der Waals surface area contributed by atoms with Gasteiger partial charge in [0.1, 0.15) is 0 Å². The van der Waals surface area contributed by atoms with E-state index < -0.39 is 0 Å². The van der Waals surface area contributed by atoms with Crippen LogP contribution in [0.1, 0.15) is 35.3 Å². The number of amides is 1. The zero-order valence-electron chi connectivity index (χ0n) is 13.3. The molecule has 5 heteroatoms. The van der Waals surface area contributed by atoms with E-state index in [9.17, 15) is 4.79 Å². The summed E-state index contributed by atoms with van der Waals surface area (Å²) in [5, 5.41) is 3.01. The van der Waals surface area contributed by atoms with Crippen molar-refractivity contribution < 1.29 is 4.79 Å². The Labute approximate surface area is 152 Å². The van der Waals surface area contributed by atoms with Crippen LogP contribution in [0.5, 0.6) is 0 Å². The summed E-state index contributed by atoms with van der Waals surface area (Å²) in [6.07, 6.45) is 0. The maximum atomic E-state index is 12.3. The van der Waals surface area contributed by atoms with Crippen molar-refractivity contribution in [2.45, 2.75) is 25.8 Å². The van der Waals surface area contributed by atoms with E-state index in [1.165, 1.54) is 5.56 Å². The molecule has 0 aliphatic rings. The molecule has 23 heavy (non-hydrogen) atoms. The normalized spacial score (nSPS) is 10.8. The third-order valence-corrected chi connectivity index (χ3v) is 4.44. The summed E-state index contributed by atoms with van der Waals surface area (Å²) in [5.41, 5.74) is 8.25. The van der Waals surface area contributed by atoms with Crippen molar-refractivity contribution in [3.8, 4) is 0 Å². The molecule has 3 nitrogen and oxygen atoms in total. The van der Waals surface area contributed by atoms with Gasteiger partial charge in [-0.15, -0.1) is 12.4 Å². The first-order valence-electron chi connectivity index (χ1n) is 7.26. The first-order valence-corrected chi connectivity index (χ1v) is 8.05. The lowest BCUT2D eigenvalue weighted by atomic mass is 9.84. The van der Waals surface area contributed by atoms with Crippen molar-refractivity contribution in [2.24, 2.45) is 5.73 Å². The molecule has 0 saturated carbocycles. The quantitative estimate of drug-likeness (QED) is 0.800. The second-order valence-electron chi connectivity index (χ2n) is 5.95. The average Bonchev–Trinajstić information content (AvgIpc) is 2.53. The monoisotopic (exact) mass is 396 g/mol. The predicted octanol–water partition coefficient (Wildman–Crippen LogP) is 4.04. The smallest absolute Gasteiger partial charge is 0.251 e. The summed E-state index contributed by atoms with van der Waals surface area (Å²) in [4.78, 5) is 12.3. The maximum absolute atomic E-state index is 12.3. The van der Waals surface area contributed by atoms with Crippen LogP contribution in [0.2, 0.25) is 0 Å². The minimum atomic E-state index is -0.160. The predicted molar refractivity (Wildman–Crippen MR) is 101 cm³/mol. The first-order chi connectivity index (χ1) is 10.4. The molecule has 0 aliphatic carbocycles. The van der Waals surface area contributed by atoms with Crippen molar-refractivity contribution in [3.05, 3.63) is 69.7 Å². The Morgan fingerprint density at radius 3 is 2.30 bits per heavy atom. The largest absolute Gasteiger partial charge is 0.351 e. The van der Waals surface area contributed by atoms with Gasteiger partial charge in [-0.2, -0.15) is 0 Å². The minimum absolute atomic E-state index is 0. The van der Waals surface area contributed by atoms with Crippen molar-refractivity contribution in [1.29, 1.82) is 0 Å².